The molecule has 2 rings (SSSR count). The zero-order chi connectivity index (χ0) is 18.4. The van der Waals surface area contributed by atoms with Crippen LogP contribution >= 0.6 is 0 Å². The fourth-order valence-electron chi connectivity index (χ4n) is 2.29. The molecule has 2 aromatic carbocycles. The molecule has 0 fully saturated rings. The van der Waals surface area contributed by atoms with Crippen molar-refractivity contribution in [3.8, 4) is 5.75 Å². The van der Waals surface area contributed by atoms with Gasteiger partial charge in [-0.15, -0.1) is 0 Å². The van der Waals surface area contributed by atoms with Crippen molar-refractivity contribution in [1.29, 1.82) is 0 Å². The number of anilines is 2. The second kappa shape index (κ2) is 8.14. The molecule has 0 unspecified atom stereocenters. The van der Waals surface area contributed by atoms with Gasteiger partial charge in [0.2, 0.25) is 5.91 Å². The van der Waals surface area contributed by atoms with Crippen molar-refractivity contribution < 1.29 is 14.5 Å². The maximum absolute atomic E-state index is 12.4. The minimum absolute atomic E-state index is 0.1000. The van der Waals surface area contributed by atoms with Gasteiger partial charge in [-0.2, -0.15) is 0 Å². The summed E-state index contributed by atoms with van der Waals surface area (Å²) in [5, 5.41) is 16.7. The van der Waals surface area contributed by atoms with E-state index in [1.165, 1.54) is 30.9 Å². The lowest BCUT2D eigenvalue weighted by Gasteiger charge is -2.16. The van der Waals surface area contributed by atoms with E-state index in [9.17, 15) is 14.9 Å². The molecule has 0 aromatic heterocycles. The summed E-state index contributed by atoms with van der Waals surface area (Å²) in [5.74, 6) is -0.0335. The molecule has 2 aromatic rings. The highest BCUT2D eigenvalue weighted by Gasteiger charge is 2.17. The second-order valence-corrected chi connectivity index (χ2v) is 5.55. The van der Waals surface area contributed by atoms with Crippen LogP contribution < -0.4 is 15.4 Å². The summed E-state index contributed by atoms with van der Waals surface area (Å²) < 4.78 is 5.12. The SMILES string of the molecule is CCc1ccc(N[C@@H](C)C(=O)Nc2ccc([N+](=O)[O-])cc2OC)cc1. The number of nitrogens with zero attached hydrogens (tertiary/aromatic N) is 1. The average Bonchev–Trinajstić information content (AvgIpc) is 2.62. The number of ether oxygens (including phenoxy) is 1. The molecule has 0 saturated carbocycles. The quantitative estimate of drug-likeness (QED) is 0.592. The van der Waals surface area contributed by atoms with Crippen LogP contribution in [0.15, 0.2) is 42.5 Å². The van der Waals surface area contributed by atoms with E-state index in [-0.39, 0.29) is 17.3 Å². The highest BCUT2D eigenvalue weighted by Crippen LogP contribution is 2.29. The van der Waals surface area contributed by atoms with E-state index in [0.717, 1.165) is 12.1 Å². The first-order valence-corrected chi connectivity index (χ1v) is 7.93. The van der Waals surface area contributed by atoms with Gasteiger partial charge in [-0.3, -0.25) is 14.9 Å². The number of nitro groups is 1. The maximum Gasteiger partial charge on any atom is 0.273 e. The van der Waals surface area contributed by atoms with Crippen molar-refractivity contribution in [2.45, 2.75) is 26.3 Å². The molecular formula is C18H21N3O4. The number of hydrogen-bond donors (Lipinski definition) is 2. The third-order valence-corrected chi connectivity index (χ3v) is 3.79. The third kappa shape index (κ3) is 4.69. The van der Waals surface area contributed by atoms with Gasteiger partial charge in [-0.1, -0.05) is 19.1 Å². The lowest BCUT2D eigenvalue weighted by molar-refractivity contribution is -0.384. The highest BCUT2D eigenvalue weighted by molar-refractivity contribution is 5.97. The number of nitro benzene ring substituents is 1. The van der Waals surface area contributed by atoms with Crippen molar-refractivity contribution in [3.05, 3.63) is 58.1 Å². The Morgan fingerprint density at radius 1 is 1.24 bits per heavy atom. The maximum atomic E-state index is 12.4. The summed E-state index contributed by atoms with van der Waals surface area (Å²) in [6, 6.07) is 11.4. The van der Waals surface area contributed by atoms with E-state index in [1.807, 2.05) is 24.3 Å². The van der Waals surface area contributed by atoms with Gasteiger partial charge in [0.05, 0.1) is 23.8 Å². The van der Waals surface area contributed by atoms with Crippen LogP contribution in [-0.2, 0) is 11.2 Å². The van der Waals surface area contributed by atoms with Gasteiger partial charge < -0.3 is 15.4 Å². The van der Waals surface area contributed by atoms with Crippen LogP contribution in [0.25, 0.3) is 0 Å². The molecule has 0 saturated heterocycles. The van der Waals surface area contributed by atoms with Crippen LogP contribution in [0.1, 0.15) is 19.4 Å². The zero-order valence-electron chi connectivity index (χ0n) is 14.4. The number of non-ortho nitro benzene ring substituents is 1. The Hall–Kier alpha value is -3.09. The molecule has 7 nitrogen and oxygen atoms in total. The molecule has 1 atom stereocenters. The molecular weight excluding hydrogens is 322 g/mol. The number of hydrogen-bond acceptors (Lipinski definition) is 5. The van der Waals surface area contributed by atoms with Gasteiger partial charge in [0.25, 0.3) is 5.69 Å². The summed E-state index contributed by atoms with van der Waals surface area (Å²) >= 11 is 0. The first kappa shape index (κ1) is 18.3. The van der Waals surface area contributed by atoms with Crippen molar-refractivity contribution >= 4 is 23.0 Å². The minimum Gasteiger partial charge on any atom is -0.494 e. The summed E-state index contributed by atoms with van der Waals surface area (Å²) in [5.41, 5.74) is 2.35. The molecule has 0 aliphatic carbocycles. The van der Waals surface area contributed by atoms with E-state index in [4.69, 9.17) is 4.74 Å². The van der Waals surface area contributed by atoms with Crippen LogP contribution in [-0.4, -0.2) is 24.0 Å². The van der Waals surface area contributed by atoms with Crippen molar-refractivity contribution in [2.24, 2.45) is 0 Å². The van der Waals surface area contributed by atoms with Gasteiger partial charge in [0.15, 0.2) is 0 Å². The first-order chi connectivity index (χ1) is 11.9. The Kier molecular flexibility index (Phi) is 5.94. The molecule has 0 aliphatic rings. The molecule has 25 heavy (non-hydrogen) atoms. The van der Waals surface area contributed by atoms with Gasteiger partial charge >= 0.3 is 0 Å². The summed E-state index contributed by atoms with van der Waals surface area (Å²) in [7, 11) is 1.39. The van der Waals surface area contributed by atoms with Crippen LogP contribution in [0.2, 0.25) is 0 Å². The Balaban J connectivity index is 2.06. The number of nitrogens with one attached hydrogen (secondary N) is 2. The summed E-state index contributed by atoms with van der Waals surface area (Å²) in [6.45, 7) is 3.82. The largest absolute Gasteiger partial charge is 0.494 e. The minimum atomic E-state index is -0.516. The normalized spacial score (nSPS) is 11.5. The fraction of sp³-hybridized carbons (Fsp3) is 0.278. The number of carbonyl (C=O) groups is 1. The molecule has 132 valence electrons. The van der Waals surface area contributed by atoms with Crippen molar-refractivity contribution in [3.63, 3.8) is 0 Å². The topological polar surface area (TPSA) is 93.5 Å². The molecule has 0 spiro atoms. The number of carbonyl (C=O) groups excluding carboxylic acids is 1. The molecule has 2 N–H and O–H groups in total. The highest BCUT2D eigenvalue weighted by atomic mass is 16.6. The van der Waals surface area contributed by atoms with Crippen LogP contribution in [0.3, 0.4) is 0 Å². The number of rotatable bonds is 7. The lowest BCUT2D eigenvalue weighted by Crippen LogP contribution is -2.32. The zero-order valence-corrected chi connectivity index (χ0v) is 14.4. The smallest absolute Gasteiger partial charge is 0.273 e. The van der Waals surface area contributed by atoms with E-state index < -0.39 is 11.0 Å². The summed E-state index contributed by atoms with van der Waals surface area (Å²) in [4.78, 5) is 22.7. The fourth-order valence-corrected chi connectivity index (χ4v) is 2.29. The third-order valence-electron chi connectivity index (χ3n) is 3.79. The van der Waals surface area contributed by atoms with E-state index in [1.54, 1.807) is 6.92 Å². The molecule has 0 aliphatic heterocycles. The van der Waals surface area contributed by atoms with E-state index in [2.05, 4.69) is 17.6 Å². The Morgan fingerprint density at radius 3 is 2.48 bits per heavy atom. The predicted octanol–water partition coefficient (Wildman–Crippen LogP) is 3.60. The molecule has 0 radical (unpaired) electrons. The molecule has 1 amide bonds. The lowest BCUT2D eigenvalue weighted by atomic mass is 10.1. The molecule has 0 bridgehead atoms. The molecule has 7 heteroatoms. The standard InChI is InChI=1S/C18H21N3O4/c1-4-13-5-7-14(8-6-13)19-12(2)18(22)20-16-10-9-15(21(23)24)11-17(16)25-3/h5-12,19H,4H2,1-3H3,(H,20,22)/t12-/m0/s1. The number of methoxy groups -OCH3 is 1. The molecule has 0 heterocycles. The second-order valence-electron chi connectivity index (χ2n) is 5.55. The first-order valence-electron chi connectivity index (χ1n) is 7.93. The number of amides is 1. The van der Waals surface area contributed by atoms with E-state index >= 15 is 0 Å². The van der Waals surface area contributed by atoms with Crippen molar-refractivity contribution in [1.82, 2.24) is 0 Å². The number of aryl methyl sites for hydroxylation is 1. The average molecular weight is 343 g/mol. The number of benzene rings is 2. The Bertz CT molecular complexity index is 759. The van der Waals surface area contributed by atoms with E-state index in [0.29, 0.717) is 5.69 Å². The van der Waals surface area contributed by atoms with Gasteiger partial charge in [-0.25, -0.2) is 0 Å². The Morgan fingerprint density at radius 2 is 1.92 bits per heavy atom. The van der Waals surface area contributed by atoms with Crippen LogP contribution in [0, 0.1) is 10.1 Å². The van der Waals surface area contributed by atoms with Crippen LogP contribution in [0.5, 0.6) is 5.75 Å². The van der Waals surface area contributed by atoms with Gasteiger partial charge in [-0.05, 0) is 37.1 Å². The van der Waals surface area contributed by atoms with Gasteiger partial charge in [0, 0.05) is 11.8 Å². The van der Waals surface area contributed by atoms with Crippen LogP contribution in [0.4, 0.5) is 17.1 Å². The predicted molar refractivity (Wildman–Crippen MR) is 97.2 cm³/mol. The monoisotopic (exact) mass is 343 g/mol. The summed E-state index contributed by atoms with van der Waals surface area (Å²) in [6.07, 6.45) is 0.955. The van der Waals surface area contributed by atoms with Crippen molar-refractivity contribution in [2.75, 3.05) is 17.7 Å². The Labute approximate surface area is 146 Å². The van der Waals surface area contributed by atoms with Gasteiger partial charge in [0.1, 0.15) is 11.8 Å².